The van der Waals surface area contributed by atoms with E-state index < -0.39 is 0 Å². The minimum atomic E-state index is 0.126. The maximum absolute atomic E-state index is 8.82. The third-order valence-electron chi connectivity index (χ3n) is 2.56. The van der Waals surface area contributed by atoms with Crippen molar-refractivity contribution in [3.63, 3.8) is 0 Å². The molecule has 3 N–H and O–H groups in total. The molecule has 1 heterocycles. The summed E-state index contributed by atoms with van der Waals surface area (Å²) in [6.45, 7) is 8.16. The van der Waals surface area contributed by atoms with Gasteiger partial charge in [0.1, 0.15) is 5.03 Å². The van der Waals surface area contributed by atoms with Crippen LogP contribution >= 0.6 is 11.8 Å². The Kier molecular flexibility index (Phi) is 4.81. The quantitative estimate of drug-likeness (QED) is 0.284. The van der Waals surface area contributed by atoms with Gasteiger partial charge in [0.15, 0.2) is 5.84 Å². The van der Waals surface area contributed by atoms with E-state index in [0.29, 0.717) is 5.25 Å². The fourth-order valence-corrected chi connectivity index (χ4v) is 2.65. The lowest BCUT2D eigenvalue weighted by molar-refractivity contribution is 0.318. The van der Waals surface area contributed by atoms with Gasteiger partial charge in [-0.15, -0.1) is 11.8 Å². The number of amidine groups is 1. The molecule has 0 aromatic carbocycles. The van der Waals surface area contributed by atoms with Gasteiger partial charge in [-0.25, -0.2) is 4.98 Å². The Morgan fingerprint density at radius 3 is 2.76 bits per heavy atom. The van der Waals surface area contributed by atoms with Crippen molar-refractivity contribution in [3.8, 4) is 0 Å². The maximum Gasteiger partial charge on any atom is 0.173 e. The zero-order valence-electron chi connectivity index (χ0n) is 10.7. The Bertz CT molecular complexity index is 432. The number of aromatic nitrogens is 1. The van der Waals surface area contributed by atoms with E-state index in [1.807, 2.05) is 19.9 Å². The second-order valence-corrected chi connectivity index (χ2v) is 5.51. The number of aryl methyl sites for hydroxylation is 2. The minimum absolute atomic E-state index is 0.126. The fraction of sp³-hybridized carbons (Fsp3) is 0.500. The van der Waals surface area contributed by atoms with E-state index in [1.54, 1.807) is 11.8 Å². The van der Waals surface area contributed by atoms with E-state index >= 15 is 0 Å². The molecule has 17 heavy (non-hydrogen) atoms. The predicted molar refractivity (Wildman–Crippen MR) is 71.8 cm³/mol. The van der Waals surface area contributed by atoms with Gasteiger partial charge in [-0.3, -0.25) is 0 Å². The second-order valence-electron chi connectivity index (χ2n) is 4.08. The highest BCUT2D eigenvalue weighted by molar-refractivity contribution is 7.99. The maximum atomic E-state index is 8.82. The van der Waals surface area contributed by atoms with Crippen molar-refractivity contribution >= 4 is 17.6 Å². The van der Waals surface area contributed by atoms with Crippen molar-refractivity contribution in [2.45, 2.75) is 44.4 Å². The number of oxime groups is 1. The summed E-state index contributed by atoms with van der Waals surface area (Å²) in [5, 5.41) is 13.2. The molecule has 5 heteroatoms. The van der Waals surface area contributed by atoms with Gasteiger partial charge in [-0.05, 0) is 31.9 Å². The van der Waals surface area contributed by atoms with Gasteiger partial charge in [0.25, 0.3) is 0 Å². The number of hydrogen-bond acceptors (Lipinski definition) is 4. The monoisotopic (exact) mass is 253 g/mol. The van der Waals surface area contributed by atoms with Gasteiger partial charge in [0.05, 0.1) is 5.56 Å². The molecule has 1 aromatic rings. The van der Waals surface area contributed by atoms with Gasteiger partial charge >= 0.3 is 0 Å². The van der Waals surface area contributed by atoms with E-state index in [9.17, 15) is 0 Å². The van der Waals surface area contributed by atoms with Crippen molar-refractivity contribution in [1.82, 2.24) is 4.98 Å². The Balaban J connectivity index is 3.25. The largest absolute Gasteiger partial charge is 0.409 e. The van der Waals surface area contributed by atoms with Crippen LogP contribution in [0.15, 0.2) is 16.2 Å². The molecule has 1 atom stereocenters. The molecule has 1 unspecified atom stereocenters. The highest BCUT2D eigenvalue weighted by Crippen LogP contribution is 2.28. The van der Waals surface area contributed by atoms with Crippen LogP contribution < -0.4 is 5.73 Å². The van der Waals surface area contributed by atoms with Crippen LogP contribution in [0.5, 0.6) is 0 Å². The van der Waals surface area contributed by atoms with Gasteiger partial charge < -0.3 is 10.9 Å². The lowest BCUT2D eigenvalue weighted by Crippen LogP contribution is -2.17. The summed E-state index contributed by atoms with van der Waals surface area (Å²) in [7, 11) is 0. The van der Waals surface area contributed by atoms with Crippen LogP contribution in [0.3, 0.4) is 0 Å². The topological polar surface area (TPSA) is 71.5 Å². The number of pyridine rings is 1. The Hall–Kier alpha value is -1.23. The third-order valence-corrected chi connectivity index (χ3v) is 3.82. The first-order chi connectivity index (χ1) is 7.99. The van der Waals surface area contributed by atoms with Gasteiger partial charge in [0, 0.05) is 10.9 Å². The van der Waals surface area contributed by atoms with Gasteiger partial charge in [0.2, 0.25) is 0 Å². The number of hydrogen-bond donors (Lipinski definition) is 2. The molecule has 0 aliphatic carbocycles. The Morgan fingerprint density at radius 1 is 1.59 bits per heavy atom. The summed E-state index contributed by atoms with van der Waals surface area (Å²) in [6, 6.07) is 1.94. The fourth-order valence-electron chi connectivity index (χ4n) is 1.52. The number of nitrogens with two attached hydrogens (primary N) is 1. The molecule has 0 fully saturated rings. The van der Waals surface area contributed by atoms with Crippen molar-refractivity contribution in [3.05, 3.63) is 22.9 Å². The summed E-state index contributed by atoms with van der Waals surface area (Å²) < 4.78 is 0. The number of thioether (sulfide) groups is 1. The first-order valence-electron chi connectivity index (χ1n) is 5.62. The van der Waals surface area contributed by atoms with Crippen molar-refractivity contribution < 1.29 is 5.21 Å². The summed E-state index contributed by atoms with van der Waals surface area (Å²) in [4.78, 5) is 4.48. The average molecular weight is 253 g/mol. The van der Waals surface area contributed by atoms with Crippen LogP contribution in [0.4, 0.5) is 0 Å². The first kappa shape index (κ1) is 13.8. The van der Waals surface area contributed by atoms with Crippen molar-refractivity contribution in [1.29, 1.82) is 0 Å². The summed E-state index contributed by atoms with van der Waals surface area (Å²) in [5.74, 6) is 0.126. The lowest BCUT2D eigenvalue weighted by Gasteiger charge is -2.14. The standard InChI is InChI=1S/C12H19N3OS/c1-5-9(4)17-12-10(11(13)15-16)7(2)6-8(3)14-12/h6,9,16H,5H2,1-4H3,(H2,13,15). The molecule has 4 nitrogen and oxygen atoms in total. The SMILES string of the molecule is CCC(C)Sc1nc(C)cc(C)c1C(N)=NO. The van der Waals surface area contributed by atoms with Crippen LogP contribution in [0.1, 0.15) is 37.1 Å². The van der Waals surface area contributed by atoms with E-state index in [0.717, 1.165) is 28.3 Å². The average Bonchev–Trinajstić information content (AvgIpc) is 2.27. The molecule has 1 rings (SSSR count). The van der Waals surface area contributed by atoms with Crippen LogP contribution in [-0.2, 0) is 0 Å². The molecule has 0 aliphatic heterocycles. The molecule has 0 aliphatic rings. The van der Waals surface area contributed by atoms with Crippen LogP contribution in [0.25, 0.3) is 0 Å². The zero-order valence-corrected chi connectivity index (χ0v) is 11.5. The van der Waals surface area contributed by atoms with Gasteiger partial charge in [-0.1, -0.05) is 19.0 Å². The molecule has 94 valence electrons. The third kappa shape index (κ3) is 3.36. The number of rotatable bonds is 4. The molecule has 0 radical (unpaired) electrons. The van der Waals surface area contributed by atoms with Gasteiger partial charge in [-0.2, -0.15) is 0 Å². The summed E-state index contributed by atoms with van der Waals surface area (Å²) in [5.41, 5.74) is 8.38. The highest BCUT2D eigenvalue weighted by Gasteiger charge is 2.15. The van der Waals surface area contributed by atoms with E-state index in [2.05, 4.69) is 24.0 Å². The van der Waals surface area contributed by atoms with E-state index in [-0.39, 0.29) is 5.84 Å². The molecule has 0 spiro atoms. The van der Waals surface area contributed by atoms with Crippen LogP contribution in [0.2, 0.25) is 0 Å². The van der Waals surface area contributed by atoms with Crippen molar-refractivity contribution in [2.75, 3.05) is 0 Å². The predicted octanol–water partition coefficient (Wildman–Crippen LogP) is 2.68. The highest BCUT2D eigenvalue weighted by atomic mass is 32.2. The molecular weight excluding hydrogens is 234 g/mol. The minimum Gasteiger partial charge on any atom is -0.409 e. The molecule has 0 saturated heterocycles. The van der Waals surface area contributed by atoms with Crippen LogP contribution in [0, 0.1) is 13.8 Å². The van der Waals surface area contributed by atoms with E-state index in [1.165, 1.54) is 0 Å². The smallest absolute Gasteiger partial charge is 0.173 e. The Labute approximate surface area is 106 Å². The van der Waals surface area contributed by atoms with E-state index in [4.69, 9.17) is 10.9 Å². The Morgan fingerprint density at radius 2 is 2.24 bits per heavy atom. The zero-order chi connectivity index (χ0) is 13.0. The molecule has 0 saturated carbocycles. The first-order valence-corrected chi connectivity index (χ1v) is 6.50. The summed E-state index contributed by atoms with van der Waals surface area (Å²) in [6.07, 6.45) is 1.05. The molecule has 0 amide bonds. The molecular formula is C12H19N3OS. The lowest BCUT2D eigenvalue weighted by atomic mass is 10.1. The normalized spacial score (nSPS) is 13.8. The summed E-state index contributed by atoms with van der Waals surface area (Å²) >= 11 is 1.66. The number of nitrogens with zero attached hydrogens (tertiary/aromatic N) is 2. The van der Waals surface area contributed by atoms with Crippen molar-refractivity contribution in [2.24, 2.45) is 10.9 Å². The van der Waals surface area contributed by atoms with Crippen LogP contribution in [-0.4, -0.2) is 21.3 Å². The second kappa shape index (κ2) is 5.91. The molecule has 1 aromatic heterocycles. The molecule has 0 bridgehead atoms.